The van der Waals surface area contributed by atoms with Crippen molar-refractivity contribution in [3.05, 3.63) is 60.2 Å². The molecule has 9 heteroatoms. The summed E-state index contributed by atoms with van der Waals surface area (Å²) in [5.41, 5.74) is 1.92. The summed E-state index contributed by atoms with van der Waals surface area (Å²) in [6, 6.07) is 6.57. The lowest BCUT2D eigenvalue weighted by Gasteiger charge is -2.13. The Morgan fingerprint density at radius 3 is 2.78 bits per heavy atom. The lowest BCUT2D eigenvalue weighted by atomic mass is 10.1. The van der Waals surface area contributed by atoms with E-state index in [1.807, 2.05) is 0 Å². The molecule has 0 saturated heterocycles. The van der Waals surface area contributed by atoms with E-state index in [4.69, 9.17) is 4.74 Å². The highest BCUT2D eigenvalue weighted by Gasteiger charge is 2.27. The Bertz CT molecular complexity index is 925. The van der Waals surface area contributed by atoms with Gasteiger partial charge in [0.15, 0.2) is 6.29 Å². The lowest BCUT2D eigenvalue weighted by molar-refractivity contribution is -0.137. The van der Waals surface area contributed by atoms with E-state index in [-0.39, 0.29) is 13.2 Å². The summed E-state index contributed by atoms with van der Waals surface area (Å²) in [7, 11) is 0. The molecule has 140 valence electrons. The maximum atomic E-state index is 12.5. The van der Waals surface area contributed by atoms with Crippen LogP contribution < -0.4 is 4.74 Å². The number of aldehydes is 1. The predicted molar refractivity (Wildman–Crippen MR) is 90.1 cm³/mol. The molecule has 0 aliphatic heterocycles. The quantitative estimate of drug-likeness (QED) is 0.589. The van der Waals surface area contributed by atoms with Crippen LogP contribution in [0.1, 0.15) is 22.3 Å². The van der Waals surface area contributed by atoms with Crippen molar-refractivity contribution in [2.45, 2.75) is 25.7 Å². The maximum absolute atomic E-state index is 12.5. The molecule has 27 heavy (non-hydrogen) atoms. The molecular formula is C18H15F3N4O2. The number of hydrogen-bond donors (Lipinski definition) is 0. The number of nitrogens with zero attached hydrogens (tertiary/aromatic N) is 4. The molecule has 6 nitrogen and oxygen atoms in total. The second-order valence-corrected chi connectivity index (χ2v) is 5.64. The number of carbonyl (C=O) groups is 1. The molecular weight excluding hydrogens is 361 g/mol. The van der Waals surface area contributed by atoms with Gasteiger partial charge in [0.2, 0.25) is 0 Å². The molecule has 3 aromatic rings. The molecule has 0 amide bonds. The Kier molecular flexibility index (Phi) is 5.49. The Morgan fingerprint density at radius 1 is 1.15 bits per heavy atom. The monoisotopic (exact) mass is 376 g/mol. The van der Waals surface area contributed by atoms with Gasteiger partial charge in [-0.05, 0) is 18.2 Å². The van der Waals surface area contributed by atoms with Crippen LogP contribution in [0.3, 0.4) is 0 Å². The molecule has 3 aromatic heterocycles. The number of carbonyl (C=O) groups excluding carboxylic acids is 1. The fraction of sp³-hybridized carbons (Fsp3) is 0.222. The van der Waals surface area contributed by atoms with Gasteiger partial charge in [-0.1, -0.05) is 6.07 Å². The Morgan fingerprint density at radius 2 is 2.00 bits per heavy atom. The molecule has 0 N–H and O–H groups in total. The van der Waals surface area contributed by atoms with Gasteiger partial charge in [-0.15, -0.1) is 0 Å². The second kappa shape index (κ2) is 7.98. The van der Waals surface area contributed by atoms with Crippen molar-refractivity contribution in [2.75, 3.05) is 0 Å². The van der Waals surface area contributed by atoms with Crippen LogP contribution in [0.25, 0.3) is 11.4 Å². The molecule has 0 unspecified atom stereocenters. The van der Waals surface area contributed by atoms with Crippen LogP contribution in [-0.2, 0) is 13.2 Å². The number of aryl methyl sites for hydroxylation is 1. The maximum Gasteiger partial charge on any atom is 0.390 e. The van der Waals surface area contributed by atoms with E-state index in [2.05, 4.69) is 15.1 Å². The van der Waals surface area contributed by atoms with Crippen molar-refractivity contribution in [1.29, 1.82) is 0 Å². The molecule has 0 saturated carbocycles. The van der Waals surface area contributed by atoms with Crippen molar-refractivity contribution in [1.82, 2.24) is 19.7 Å². The zero-order valence-electron chi connectivity index (χ0n) is 14.1. The first-order chi connectivity index (χ1) is 13.0. The van der Waals surface area contributed by atoms with Gasteiger partial charge in [0.1, 0.15) is 12.4 Å². The van der Waals surface area contributed by atoms with Crippen molar-refractivity contribution in [3.63, 3.8) is 0 Å². The third-order valence-corrected chi connectivity index (χ3v) is 3.78. The predicted octanol–water partition coefficient (Wildman–Crippen LogP) is 3.68. The Balaban J connectivity index is 1.83. The van der Waals surface area contributed by atoms with E-state index in [1.54, 1.807) is 24.4 Å². The molecule has 3 rings (SSSR count). The summed E-state index contributed by atoms with van der Waals surface area (Å²) >= 11 is 0. The second-order valence-electron chi connectivity index (χ2n) is 5.64. The number of aromatic nitrogens is 4. The Hall–Kier alpha value is -3.23. The van der Waals surface area contributed by atoms with Crippen LogP contribution >= 0.6 is 0 Å². The van der Waals surface area contributed by atoms with Gasteiger partial charge in [-0.2, -0.15) is 18.3 Å². The normalized spacial score (nSPS) is 11.4. The molecule has 0 fully saturated rings. The van der Waals surface area contributed by atoms with E-state index in [1.165, 1.54) is 29.3 Å². The van der Waals surface area contributed by atoms with Crippen LogP contribution in [-0.4, -0.2) is 32.2 Å². The average molecular weight is 376 g/mol. The molecule has 0 atom stereocenters. The minimum atomic E-state index is -4.27. The van der Waals surface area contributed by atoms with Crippen molar-refractivity contribution in [3.8, 4) is 17.1 Å². The van der Waals surface area contributed by atoms with E-state index < -0.39 is 12.6 Å². The number of hydrogen-bond acceptors (Lipinski definition) is 5. The fourth-order valence-corrected chi connectivity index (χ4v) is 2.49. The van der Waals surface area contributed by atoms with E-state index >= 15 is 0 Å². The third-order valence-electron chi connectivity index (χ3n) is 3.78. The topological polar surface area (TPSA) is 69.9 Å². The van der Waals surface area contributed by atoms with Gasteiger partial charge in [0, 0.05) is 24.2 Å². The van der Waals surface area contributed by atoms with Gasteiger partial charge in [-0.3, -0.25) is 19.4 Å². The number of pyridine rings is 2. The molecule has 0 bridgehead atoms. The molecule has 0 radical (unpaired) electrons. The summed E-state index contributed by atoms with van der Waals surface area (Å²) in [5.74, 6) is 0.313. The minimum Gasteiger partial charge on any atom is -0.486 e. The summed E-state index contributed by atoms with van der Waals surface area (Å²) < 4.78 is 44.5. The molecule has 3 heterocycles. The summed E-state index contributed by atoms with van der Waals surface area (Å²) in [4.78, 5) is 19.3. The van der Waals surface area contributed by atoms with Crippen LogP contribution in [0, 0.1) is 0 Å². The molecule has 0 spiro atoms. The van der Waals surface area contributed by atoms with E-state index in [0.29, 0.717) is 34.6 Å². The van der Waals surface area contributed by atoms with Crippen LogP contribution in [0.5, 0.6) is 5.75 Å². The highest BCUT2D eigenvalue weighted by Crippen LogP contribution is 2.26. The zero-order chi connectivity index (χ0) is 19.3. The van der Waals surface area contributed by atoms with Gasteiger partial charge in [-0.25, -0.2) is 0 Å². The van der Waals surface area contributed by atoms with Gasteiger partial charge in [0.05, 0.1) is 36.1 Å². The minimum absolute atomic E-state index is 0.0696. The average Bonchev–Trinajstić information content (AvgIpc) is 3.13. The zero-order valence-corrected chi connectivity index (χ0v) is 14.1. The smallest absolute Gasteiger partial charge is 0.390 e. The van der Waals surface area contributed by atoms with Crippen molar-refractivity contribution in [2.24, 2.45) is 0 Å². The number of halogens is 3. The van der Waals surface area contributed by atoms with E-state index in [9.17, 15) is 18.0 Å². The molecule has 0 aliphatic rings. The molecule has 0 aromatic carbocycles. The fourth-order valence-electron chi connectivity index (χ4n) is 2.49. The third kappa shape index (κ3) is 4.69. The first kappa shape index (κ1) is 18.6. The highest BCUT2D eigenvalue weighted by atomic mass is 19.4. The first-order valence-corrected chi connectivity index (χ1v) is 8.03. The van der Waals surface area contributed by atoms with Crippen molar-refractivity contribution < 1.29 is 22.7 Å². The highest BCUT2D eigenvalue weighted by molar-refractivity contribution is 5.78. The summed E-state index contributed by atoms with van der Waals surface area (Å²) in [6.07, 6.45) is 1.27. The number of alkyl halides is 3. The Labute approximate surface area is 152 Å². The van der Waals surface area contributed by atoms with Crippen LogP contribution in [0.4, 0.5) is 13.2 Å². The molecule has 0 aliphatic carbocycles. The lowest BCUT2D eigenvalue weighted by Crippen LogP contribution is -2.14. The van der Waals surface area contributed by atoms with Crippen molar-refractivity contribution >= 4 is 6.29 Å². The number of rotatable bonds is 7. The van der Waals surface area contributed by atoms with Crippen LogP contribution in [0.15, 0.2) is 49.1 Å². The summed E-state index contributed by atoms with van der Waals surface area (Å²) in [6.45, 7) is -0.235. The number of ether oxygens (including phenoxy) is 1. The van der Waals surface area contributed by atoms with Gasteiger partial charge < -0.3 is 4.74 Å². The van der Waals surface area contributed by atoms with Gasteiger partial charge in [0.25, 0.3) is 0 Å². The standard InChI is InChI=1S/C18H15F3N4O2/c19-18(20,21)5-9-25-15(4-8-24-25)17-14(2-1-6-23-17)12-27-16-10-22-7-3-13(16)11-26/h1-4,6-8,10-11H,5,9,12H2. The van der Waals surface area contributed by atoms with Gasteiger partial charge >= 0.3 is 6.18 Å². The first-order valence-electron chi connectivity index (χ1n) is 8.03. The largest absolute Gasteiger partial charge is 0.486 e. The summed E-state index contributed by atoms with van der Waals surface area (Å²) in [5, 5.41) is 3.96. The van der Waals surface area contributed by atoms with E-state index in [0.717, 1.165) is 0 Å². The van der Waals surface area contributed by atoms with Crippen LogP contribution in [0.2, 0.25) is 0 Å². The SMILES string of the molecule is O=Cc1ccncc1OCc1cccnc1-c1ccnn1CCC(F)(F)F.